The van der Waals surface area contributed by atoms with Crippen molar-refractivity contribution in [2.75, 3.05) is 19.7 Å². The molecule has 1 aromatic carbocycles. The summed E-state index contributed by atoms with van der Waals surface area (Å²) in [6.07, 6.45) is 1.65. The molecule has 3 N–H and O–H groups in total. The van der Waals surface area contributed by atoms with Gasteiger partial charge in [0.15, 0.2) is 5.69 Å². The first kappa shape index (κ1) is 15.6. The van der Waals surface area contributed by atoms with Gasteiger partial charge < -0.3 is 15.4 Å². The summed E-state index contributed by atoms with van der Waals surface area (Å²) in [5.41, 5.74) is 3.71. The Morgan fingerprint density at radius 1 is 1.43 bits per heavy atom. The fourth-order valence-corrected chi connectivity index (χ4v) is 2.77. The van der Waals surface area contributed by atoms with Crippen LogP contribution in [0.15, 0.2) is 24.3 Å². The number of ether oxygens (including phenoxy) is 1. The molecule has 23 heavy (non-hydrogen) atoms. The highest BCUT2D eigenvalue weighted by Gasteiger charge is 2.21. The predicted octanol–water partition coefficient (Wildman–Crippen LogP) is 1.43. The van der Waals surface area contributed by atoms with Crippen molar-refractivity contribution in [1.82, 2.24) is 20.8 Å². The maximum absolute atomic E-state index is 12.3. The number of benzene rings is 1. The molecule has 0 atom stereocenters. The molecule has 0 saturated carbocycles. The van der Waals surface area contributed by atoms with Crippen LogP contribution in [0.5, 0.6) is 5.75 Å². The first-order valence-corrected chi connectivity index (χ1v) is 8.04. The Morgan fingerprint density at radius 2 is 2.35 bits per heavy atom. The molecule has 0 aliphatic carbocycles. The lowest BCUT2D eigenvalue weighted by Crippen LogP contribution is -2.29. The third kappa shape index (κ3) is 3.71. The second kappa shape index (κ2) is 7.28. The summed E-state index contributed by atoms with van der Waals surface area (Å²) in [7, 11) is 0. The molecule has 122 valence electrons. The first-order chi connectivity index (χ1) is 11.3. The number of nitrogens with zero attached hydrogens (tertiary/aromatic N) is 1. The van der Waals surface area contributed by atoms with Gasteiger partial charge >= 0.3 is 0 Å². The van der Waals surface area contributed by atoms with Crippen LogP contribution in [-0.2, 0) is 19.4 Å². The van der Waals surface area contributed by atoms with Crippen LogP contribution in [0.2, 0.25) is 0 Å². The average molecular weight is 314 g/mol. The van der Waals surface area contributed by atoms with Gasteiger partial charge in [-0.2, -0.15) is 5.10 Å². The summed E-state index contributed by atoms with van der Waals surface area (Å²) in [6.45, 7) is 4.81. The van der Waals surface area contributed by atoms with Gasteiger partial charge in [0.05, 0.1) is 6.61 Å². The number of fused-ring (bicyclic) bond motifs is 1. The van der Waals surface area contributed by atoms with Crippen LogP contribution < -0.4 is 15.4 Å². The van der Waals surface area contributed by atoms with Gasteiger partial charge in [0.1, 0.15) is 5.75 Å². The molecule has 1 aromatic heterocycles. The average Bonchev–Trinajstić information content (AvgIpc) is 2.99. The van der Waals surface area contributed by atoms with Crippen molar-refractivity contribution in [3.8, 4) is 5.75 Å². The molecule has 1 aliphatic heterocycles. The van der Waals surface area contributed by atoms with Gasteiger partial charge in [0.25, 0.3) is 5.91 Å². The van der Waals surface area contributed by atoms with E-state index in [0.717, 1.165) is 42.0 Å². The Labute approximate surface area is 135 Å². The third-order valence-electron chi connectivity index (χ3n) is 3.93. The molecule has 0 fully saturated rings. The van der Waals surface area contributed by atoms with E-state index in [0.29, 0.717) is 25.4 Å². The lowest BCUT2D eigenvalue weighted by molar-refractivity contribution is 0.0948. The van der Waals surface area contributed by atoms with Crippen LogP contribution in [0.1, 0.15) is 34.2 Å². The van der Waals surface area contributed by atoms with Gasteiger partial charge in [0, 0.05) is 37.3 Å². The Morgan fingerprint density at radius 3 is 3.22 bits per heavy atom. The van der Waals surface area contributed by atoms with E-state index in [1.807, 2.05) is 31.2 Å². The van der Waals surface area contributed by atoms with Gasteiger partial charge in [-0.3, -0.25) is 9.89 Å². The number of H-pyrrole nitrogens is 1. The number of carbonyl (C=O) groups is 1. The molecule has 1 aliphatic rings. The van der Waals surface area contributed by atoms with Crippen molar-refractivity contribution in [2.45, 2.75) is 26.3 Å². The minimum atomic E-state index is -0.118. The summed E-state index contributed by atoms with van der Waals surface area (Å²) in [6, 6.07) is 7.96. The Balaban J connectivity index is 1.55. The quantitative estimate of drug-likeness (QED) is 0.753. The summed E-state index contributed by atoms with van der Waals surface area (Å²) in [4.78, 5) is 12.3. The van der Waals surface area contributed by atoms with E-state index in [4.69, 9.17) is 4.74 Å². The molecule has 2 aromatic rings. The van der Waals surface area contributed by atoms with Crippen molar-refractivity contribution in [3.63, 3.8) is 0 Å². The molecule has 2 heterocycles. The third-order valence-corrected chi connectivity index (χ3v) is 3.93. The summed E-state index contributed by atoms with van der Waals surface area (Å²) < 4.78 is 5.49. The fourth-order valence-electron chi connectivity index (χ4n) is 2.77. The maximum Gasteiger partial charge on any atom is 0.272 e. The molecule has 0 saturated heterocycles. The molecular formula is C17H22N4O2. The van der Waals surface area contributed by atoms with Gasteiger partial charge in [-0.15, -0.1) is 0 Å². The van der Waals surface area contributed by atoms with Crippen LogP contribution >= 0.6 is 0 Å². The number of aromatic nitrogens is 2. The van der Waals surface area contributed by atoms with Crippen LogP contribution in [0.4, 0.5) is 0 Å². The SMILES string of the molecule is CCOc1cccc(CCNC(=O)c2n[nH]c3c2CNCC3)c1. The van der Waals surface area contributed by atoms with Crippen molar-refractivity contribution < 1.29 is 9.53 Å². The number of hydrogen-bond acceptors (Lipinski definition) is 4. The molecule has 0 radical (unpaired) electrons. The lowest BCUT2D eigenvalue weighted by Gasteiger charge is -2.13. The normalized spacial score (nSPS) is 13.4. The maximum atomic E-state index is 12.3. The largest absolute Gasteiger partial charge is 0.494 e. The summed E-state index contributed by atoms with van der Waals surface area (Å²) >= 11 is 0. The van der Waals surface area contributed by atoms with E-state index in [2.05, 4.69) is 20.8 Å². The second-order valence-corrected chi connectivity index (χ2v) is 5.54. The van der Waals surface area contributed by atoms with Crippen LogP contribution in [0, 0.1) is 0 Å². The number of aromatic amines is 1. The van der Waals surface area contributed by atoms with Crippen molar-refractivity contribution in [1.29, 1.82) is 0 Å². The van der Waals surface area contributed by atoms with Gasteiger partial charge in [0.2, 0.25) is 0 Å². The van der Waals surface area contributed by atoms with E-state index < -0.39 is 0 Å². The van der Waals surface area contributed by atoms with Crippen molar-refractivity contribution in [2.24, 2.45) is 0 Å². The van der Waals surface area contributed by atoms with E-state index in [1.54, 1.807) is 0 Å². The minimum absolute atomic E-state index is 0.118. The number of carbonyl (C=O) groups excluding carboxylic acids is 1. The van der Waals surface area contributed by atoms with Gasteiger partial charge in [-0.05, 0) is 31.0 Å². The van der Waals surface area contributed by atoms with E-state index in [-0.39, 0.29) is 5.91 Å². The molecule has 0 unspecified atom stereocenters. The highest BCUT2D eigenvalue weighted by molar-refractivity contribution is 5.94. The first-order valence-electron chi connectivity index (χ1n) is 8.04. The zero-order valence-electron chi connectivity index (χ0n) is 13.3. The predicted molar refractivity (Wildman–Crippen MR) is 87.6 cm³/mol. The molecule has 6 nitrogen and oxygen atoms in total. The smallest absolute Gasteiger partial charge is 0.272 e. The molecule has 1 amide bonds. The van der Waals surface area contributed by atoms with Crippen LogP contribution in [-0.4, -0.2) is 35.8 Å². The molecule has 3 rings (SSSR count). The summed E-state index contributed by atoms with van der Waals surface area (Å²) in [5, 5.41) is 13.3. The molecule has 0 spiro atoms. The van der Waals surface area contributed by atoms with E-state index in [1.165, 1.54) is 0 Å². The van der Waals surface area contributed by atoms with Gasteiger partial charge in [-0.1, -0.05) is 12.1 Å². The van der Waals surface area contributed by atoms with E-state index in [9.17, 15) is 4.79 Å². The Kier molecular flexibility index (Phi) is 4.92. The highest BCUT2D eigenvalue weighted by Crippen LogP contribution is 2.15. The molecule has 0 bridgehead atoms. The van der Waals surface area contributed by atoms with Gasteiger partial charge in [-0.25, -0.2) is 0 Å². The van der Waals surface area contributed by atoms with Crippen molar-refractivity contribution in [3.05, 3.63) is 46.8 Å². The Hall–Kier alpha value is -2.34. The van der Waals surface area contributed by atoms with Crippen molar-refractivity contribution >= 4 is 5.91 Å². The van der Waals surface area contributed by atoms with Crippen LogP contribution in [0.3, 0.4) is 0 Å². The second-order valence-electron chi connectivity index (χ2n) is 5.54. The monoisotopic (exact) mass is 314 g/mol. The number of amides is 1. The number of hydrogen-bond donors (Lipinski definition) is 3. The lowest BCUT2D eigenvalue weighted by atomic mass is 10.1. The Bertz CT molecular complexity index is 681. The number of rotatable bonds is 6. The number of nitrogens with one attached hydrogen (secondary N) is 3. The van der Waals surface area contributed by atoms with Crippen LogP contribution in [0.25, 0.3) is 0 Å². The molecule has 6 heteroatoms. The topological polar surface area (TPSA) is 79.0 Å². The minimum Gasteiger partial charge on any atom is -0.494 e. The zero-order chi connectivity index (χ0) is 16.1. The standard InChI is InChI=1S/C17H22N4O2/c1-2-23-13-5-3-4-12(10-13)6-9-19-17(22)16-14-11-18-8-7-15(14)20-21-16/h3-5,10,18H,2,6-9,11H2,1H3,(H,19,22)(H,20,21). The van der Waals surface area contributed by atoms with E-state index >= 15 is 0 Å². The zero-order valence-corrected chi connectivity index (χ0v) is 13.3. The fraction of sp³-hybridized carbons (Fsp3) is 0.412. The summed E-state index contributed by atoms with van der Waals surface area (Å²) in [5.74, 6) is 0.746. The highest BCUT2D eigenvalue weighted by atomic mass is 16.5. The molecular weight excluding hydrogens is 292 g/mol.